The molecule has 3 heteroatoms. The van der Waals surface area contributed by atoms with Gasteiger partial charge in [0.25, 0.3) is 0 Å². The fourth-order valence-electron chi connectivity index (χ4n) is 1.37. The van der Waals surface area contributed by atoms with Crippen LogP contribution in [-0.4, -0.2) is 14.1 Å². The second-order valence-electron chi connectivity index (χ2n) is 3.36. The van der Waals surface area contributed by atoms with E-state index in [-0.39, 0.29) is 6.04 Å². The summed E-state index contributed by atoms with van der Waals surface area (Å²) in [7, 11) is 4.04. The quantitative estimate of drug-likeness (QED) is 0.864. The Morgan fingerprint density at radius 1 is 1.38 bits per heavy atom. The molecule has 0 saturated carbocycles. The lowest BCUT2D eigenvalue weighted by Gasteiger charge is -2.20. The molecule has 0 radical (unpaired) electrons. The molecular formula is C10H15BrN2. The minimum atomic E-state index is 0.0491. The van der Waals surface area contributed by atoms with E-state index in [0.29, 0.717) is 0 Å². The number of benzene rings is 1. The molecule has 0 aliphatic heterocycles. The van der Waals surface area contributed by atoms with Crippen molar-refractivity contribution in [2.24, 2.45) is 5.73 Å². The minimum absolute atomic E-state index is 0.0491. The largest absolute Gasteiger partial charge is 0.377 e. The summed E-state index contributed by atoms with van der Waals surface area (Å²) in [4.78, 5) is 2.07. The van der Waals surface area contributed by atoms with Gasteiger partial charge in [-0.2, -0.15) is 0 Å². The Balaban J connectivity index is 3.26. The van der Waals surface area contributed by atoms with E-state index < -0.39 is 0 Å². The lowest BCUT2D eigenvalue weighted by molar-refractivity contribution is 0.808. The summed E-state index contributed by atoms with van der Waals surface area (Å²) < 4.78 is 1.08. The highest BCUT2D eigenvalue weighted by Crippen LogP contribution is 2.30. The third-order valence-corrected chi connectivity index (χ3v) is 2.66. The van der Waals surface area contributed by atoms with Crippen molar-refractivity contribution in [2.45, 2.75) is 13.0 Å². The van der Waals surface area contributed by atoms with Gasteiger partial charge in [-0.25, -0.2) is 0 Å². The van der Waals surface area contributed by atoms with E-state index in [1.54, 1.807) is 0 Å². The second-order valence-corrected chi connectivity index (χ2v) is 4.21. The molecule has 72 valence electrons. The summed E-state index contributed by atoms with van der Waals surface area (Å²) in [5, 5.41) is 0. The van der Waals surface area contributed by atoms with Crippen LogP contribution >= 0.6 is 15.9 Å². The van der Waals surface area contributed by atoms with Crippen LogP contribution in [0, 0.1) is 0 Å². The Kier molecular flexibility index (Phi) is 3.33. The first-order valence-electron chi connectivity index (χ1n) is 4.25. The number of nitrogens with two attached hydrogens (primary N) is 1. The topological polar surface area (TPSA) is 29.3 Å². The highest BCUT2D eigenvalue weighted by Gasteiger charge is 2.11. The predicted octanol–water partition coefficient (Wildman–Crippen LogP) is 2.53. The number of hydrogen-bond acceptors (Lipinski definition) is 2. The molecule has 0 aliphatic carbocycles. The van der Waals surface area contributed by atoms with E-state index in [1.165, 1.54) is 5.69 Å². The van der Waals surface area contributed by atoms with Crippen molar-refractivity contribution in [1.29, 1.82) is 0 Å². The number of hydrogen-bond donors (Lipinski definition) is 1. The molecule has 0 aliphatic rings. The standard InChI is InChI=1S/C10H15BrN2/c1-7(12)10-8(11)5-4-6-9(10)13(2)3/h4-7H,12H2,1-3H3. The van der Waals surface area contributed by atoms with Crippen LogP contribution in [0.2, 0.25) is 0 Å². The Morgan fingerprint density at radius 2 is 2.00 bits per heavy atom. The Labute approximate surface area is 87.9 Å². The normalized spacial score (nSPS) is 12.7. The average molecular weight is 243 g/mol. The van der Waals surface area contributed by atoms with Crippen LogP contribution in [0.5, 0.6) is 0 Å². The zero-order valence-electron chi connectivity index (χ0n) is 8.21. The maximum Gasteiger partial charge on any atom is 0.0420 e. The monoisotopic (exact) mass is 242 g/mol. The van der Waals surface area contributed by atoms with Gasteiger partial charge >= 0.3 is 0 Å². The molecule has 0 amide bonds. The van der Waals surface area contributed by atoms with Gasteiger partial charge in [-0.15, -0.1) is 0 Å². The molecule has 2 nitrogen and oxygen atoms in total. The minimum Gasteiger partial charge on any atom is -0.377 e. The molecule has 0 bridgehead atoms. The molecule has 0 aromatic heterocycles. The number of nitrogens with zero attached hydrogens (tertiary/aromatic N) is 1. The molecule has 0 fully saturated rings. The molecule has 1 rings (SSSR count). The SMILES string of the molecule is CC(N)c1c(Br)cccc1N(C)C. The number of rotatable bonds is 2. The van der Waals surface area contributed by atoms with Gasteiger partial charge in [-0.3, -0.25) is 0 Å². The summed E-state index contributed by atoms with van der Waals surface area (Å²) in [5.74, 6) is 0. The molecule has 1 aromatic carbocycles. The fraction of sp³-hybridized carbons (Fsp3) is 0.400. The van der Waals surface area contributed by atoms with Crippen molar-refractivity contribution in [1.82, 2.24) is 0 Å². The van der Waals surface area contributed by atoms with Gasteiger partial charge in [0, 0.05) is 35.9 Å². The van der Waals surface area contributed by atoms with Crippen LogP contribution in [0.1, 0.15) is 18.5 Å². The first-order chi connectivity index (χ1) is 6.04. The Bertz CT molecular complexity index is 295. The highest BCUT2D eigenvalue weighted by molar-refractivity contribution is 9.10. The lowest BCUT2D eigenvalue weighted by Crippen LogP contribution is -2.16. The maximum atomic E-state index is 5.90. The molecule has 1 aromatic rings. The van der Waals surface area contributed by atoms with Crippen LogP contribution in [-0.2, 0) is 0 Å². The second kappa shape index (κ2) is 4.11. The lowest BCUT2D eigenvalue weighted by atomic mass is 10.1. The van der Waals surface area contributed by atoms with Crippen LogP contribution < -0.4 is 10.6 Å². The molecular weight excluding hydrogens is 228 g/mol. The van der Waals surface area contributed by atoms with Crippen LogP contribution in [0.15, 0.2) is 22.7 Å². The van der Waals surface area contributed by atoms with Crippen molar-refractivity contribution < 1.29 is 0 Å². The third-order valence-electron chi connectivity index (χ3n) is 1.97. The average Bonchev–Trinajstić information content (AvgIpc) is 2.02. The van der Waals surface area contributed by atoms with Crippen LogP contribution in [0.3, 0.4) is 0 Å². The fourth-order valence-corrected chi connectivity index (χ4v) is 2.08. The van der Waals surface area contributed by atoms with Gasteiger partial charge < -0.3 is 10.6 Å². The zero-order chi connectivity index (χ0) is 10.0. The zero-order valence-corrected chi connectivity index (χ0v) is 9.80. The molecule has 0 spiro atoms. The Hall–Kier alpha value is -0.540. The van der Waals surface area contributed by atoms with E-state index in [2.05, 4.69) is 26.9 Å². The van der Waals surface area contributed by atoms with Crippen molar-refractivity contribution in [3.05, 3.63) is 28.2 Å². The molecule has 2 N–H and O–H groups in total. The Morgan fingerprint density at radius 3 is 2.38 bits per heavy atom. The summed E-state index contributed by atoms with van der Waals surface area (Å²) in [6.45, 7) is 1.99. The van der Waals surface area contributed by atoms with E-state index in [4.69, 9.17) is 5.73 Å². The van der Waals surface area contributed by atoms with Crippen molar-refractivity contribution in [2.75, 3.05) is 19.0 Å². The van der Waals surface area contributed by atoms with Gasteiger partial charge in [0.2, 0.25) is 0 Å². The van der Waals surface area contributed by atoms with E-state index >= 15 is 0 Å². The molecule has 13 heavy (non-hydrogen) atoms. The van der Waals surface area contributed by atoms with Gasteiger partial charge in [0.1, 0.15) is 0 Å². The maximum absolute atomic E-state index is 5.90. The first-order valence-corrected chi connectivity index (χ1v) is 5.04. The molecule has 0 heterocycles. The van der Waals surface area contributed by atoms with Gasteiger partial charge in [-0.1, -0.05) is 22.0 Å². The van der Waals surface area contributed by atoms with Crippen molar-refractivity contribution >= 4 is 21.6 Å². The predicted molar refractivity (Wildman–Crippen MR) is 61.1 cm³/mol. The van der Waals surface area contributed by atoms with Gasteiger partial charge in [0.05, 0.1) is 0 Å². The number of halogens is 1. The van der Waals surface area contributed by atoms with E-state index in [0.717, 1.165) is 10.0 Å². The first kappa shape index (κ1) is 10.5. The summed E-state index contributed by atoms with van der Waals surface area (Å²) >= 11 is 3.51. The van der Waals surface area contributed by atoms with Crippen LogP contribution in [0.4, 0.5) is 5.69 Å². The van der Waals surface area contributed by atoms with E-state index in [1.807, 2.05) is 33.2 Å². The summed E-state index contributed by atoms with van der Waals surface area (Å²) in [5.41, 5.74) is 8.23. The smallest absolute Gasteiger partial charge is 0.0420 e. The van der Waals surface area contributed by atoms with Gasteiger partial charge in [-0.05, 0) is 19.1 Å². The molecule has 0 saturated heterocycles. The summed E-state index contributed by atoms with van der Waals surface area (Å²) in [6, 6.07) is 6.16. The molecule has 1 atom stereocenters. The highest BCUT2D eigenvalue weighted by atomic mass is 79.9. The van der Waals surface area contributed by atoms with Crippen molar-refractivity contribution in [3.8, 4) is 0 Å². The summed E-state index contributed by atoms with van der Waals surface area (Å²) in [6.07, 6.45) is 0. The van der Waals surface area contributed by atoms with Crippen molar-refractivity contribution in [3.63, 3.8) is 0 Å². The number of anilines is 1. The molecule has 1 unspecified atom stereocenters. The van der Waals surface area contributed by atoms with Crippen LogP contribution in [0.25, 0.3) is 0 Å². The van der Waals surface area contributed by atoms with E-state index in [9.17, 15) is 0 Å². The van der Waals surface area contributed by atoms with Gasteiger partial charge in [0.15, 0.2) is 0 Å². The third kappa shape index (κ3) is 2.23.